The van der Waals surface area contributed by atoms with E-state index >= 15 is 0 Å². The fourth-order valence-corrected chi connectivity index (χ4v) is 1.26. The smallest absolute Gasteiger partial charge is 0.308 e. The van der Waals surface area contributed by atoms with Crippen molar-refractivity contribution in [2.45, 2.75) is 6.92 Å². The van der Waals surface area contributed by atoms with Crippen LogP contribution in [-0.4, -0.2) is 34.6 Å². The Morgan fingerprint density at radius 1 is 1.62 bits per heavy atom. The quantitative estimate of drug-likeness (QED) is 0.794. The Hall–Kier alpha value is -2.16. The third-order valence-corrected chi connectivity index (χ3v) is 2.12. The molecule has 1 heterocycles. The Balaban J connectivity index is 2.85. The molecule has 1 unspecified atom stereocenters. The minimum Gasteiger partial charge on any atom is -0.481 e. The summed E-state index contributed by atoms with van der Waals surface area (Å²) in [6.07, 6.45) is 2.90. The van der Waals surface area contributed by atoms with Crippen LogP contribution < -0.4 is 4.90 Å². The van der Waals surface area contributed by atoms with Crippen LogP contribution in [0.5, 0.6) is 0 Å². The van der Waals surface area contributed by atoms with Crippen LogP contribution in [0.25, 0.3) is 0 Å². The summed E-state index contributed by atoms with van der Waals surface area (Å²) in [5.74, 6) is -1.01. The molecule has 0 aliphatic heterocycles. The van der Waals surface area contributed by atoms with E-state index in [1.54, 1.807) is 18.9 Å². The number of rotatable bonds is 4. The van der Waals surface area contributed by atoms with Gasteiger partial charge >= 0.3 is 5.97 Å². The number of carboxylic acid groups (broad SMARTS) is 1. The molecule has 0 saturated carbocycles. The van der Waals surface area contributed by atoms with E-state index < -0.39 is 11.9 Å². The fraction of sp³-hybridized carbons (Fsp3) is 0.400. The Morgan fingerprint density at radius 3 is 2.81 bits per heavy atom. The predicted octanol–water partition coefficient (Wildman–Crippen LogP) is 0.505. The van der Waals surface area contributed by atoms with Crippen molar-refractivity contribution in [3.63, 3.8) is 0 Å². The molecular weight excluding hydrogens is 208 g/mol. The molecule has 0 aliphatic carbocycles. The lowest BCUT2D eigenvalue weighted by atomic mass is 10.2. The summed E-state index contributed by atoms with van der Waals surface area (Å²) in [5.41, 5.74) is 0.197. The minimum absolute atomic E-state index is 0.197. The molecule has 0 aliphatic rings. The number of nitrogens with zero attached hydrogens (tertiary/aromatic N) is 4. The summed E-state index contributed by atoms with van der Waals surface area (Å²) in [4.78, 5) is 20.2. The van der Waals surface area contributed by atoms with Crippen LogP contribution in [0.3, 0.4) is 0 Å². The first-order chi connectivity index (χ1) is 7.56. The summed E-state index contributed by atoms with van der Waals surface area (Å²) in [7, 11) is 1.68. The van der Waals surface area contributed by atoms with Gasteiger partial charge in [0, 0.05) is 26.0 Å². The maximum Gasteiger partial charge on any atom is 0.308 e. The molecule has 0 spiro atoms. The molecule has 0 fully saturated rings. The van der Waals surface area contributed by atoms with Crippen molar-refractivity contribution in [1.29, 1.82) is 5.26 Å². The second-order valence-corrected chi connectivity index (χ2v) is 3.46. The number of aliphatic carboxylic acids is 1. The van der Waals surface area contributed by atoms with Gasteiger partial charge in [-0.15, -0.1) is 0 Å². The van der Waals surface area contributed by atoms with Gasteiger partial charge in [0.2, 0.25) is 0 Å². The van der Waals surface area contributed by atoms with Crippen molar-refractivity contribution < 1.29 is 9.90 Å². The zero-order valence-electron chi connectivity index (χ0n) is 9.08. The normalized spacial score (nSPS) is 11.6. The summed E-state index contributed by atoms with van der Waals surface area (Å²) in [6.45, 7) is 1.88. The molecule has 1 N–H and O–H groups in total. The second kappa shape index (κ2) is 5.07. The van der Waals surface area contributed by atoms with E-state index in [4.69, 9.17) is 10.4 Å². The van der Waals surface area contributed by atoms with Gasteiger partial charge in [0.05, 0.1) is 5.92 Å². The maximum absolute atomic E-state index is 10.7. The summed E-state index contributed by atoms with van der Waals surface area (Å²) >= 11 is 0. The average molecular weight is 220 g/mol. The second-order valence-electron chi connectivity index (χ2n) is 3.46. The van der Waals surface area contributed by atoms with Gasteiger partial charge in [-0.1, -0.05) is 6.92 Å². The third kappa shape index (κ3) is 2.67. The first kappa shape index (κ1) is 11.9. The standard InChI is InChI=1S/C10H12N4O2/c1-7(10(15)16)6-14(2)9-8(5-11)12-3-4-13-9/h3-4,7H,6H2,1-2H3,(H,15,16). The summed E-state index contributed by atoms with van der Waals surface area (Å²) in [5, 5.41) is 17.6. The van der Waals surface area contributed by atoms with Crippen LogP contribution in [-0.2, 0) is 4.79 Å². The molecule has 6 nitrogen and oxygen atoms in total. The minimum atomic E-state index is -0.880. The first-order valence-corrected chi connectivity index (χ1v) is 4.71. The Morgan fingerprint density at radius 2 is 2.25 bits per heavy atom. The van der Waals surface area contributed by atoms with Gasteiger partial charge in [0.25, 0.3) is 0 Å². The molecular formula is C10H12N4O2. The number of anilines is 1. The van der Waals surface area contributed by atoms with Crippen molar-refractivity contribution in [3.05, 3.63) is 18.1 Å². The van der Waals surface area contributed by atoms with Gasteiger partial charge in [-0.05, 0) is 0 Å². The molecule has 1 aromatic heterocycles. The van der Waals surface area contributed by atoms with Gasteiger partial charge in [0.1, 0.15) is 6.07 Å². The van der Waals surface area contributed by atoms with Crippen LogP contribution in [0.15, 0.2) is 12.4 Å². The molecule has 0 amide bonds. The highest BCUT2D eigenvalue weighted by atomic mass is 16.4. The highest BCUT2D eigenvalue weighted by molar-refractivity contribution is 5.70. The maximum atomic E-state index is 10.7. The van der Waals surface area contributed by atoms with Gasteiger partial charge in [-0.25, -0.2) is 9.97 Å². The van der Waals surface area contributed by atoms with E-state index in [-0.39, 0.29) is 12.2 Å². The Labute approximate surface area is 93.2 Å². The van der Waals surface area contributed by atoms with Crippen molar-refractivity contribution in [3.8, 4) is 6.07 Å². The lowest BCUT2D eigenvalue weighted by Gasteiger charge is -2.20. The van der Waals surface area contributed by atoms with Gasteiger partial charge in [0.15, 0.2) is 11.5 Å². The van der Waals surface area contributed by atoms with Crippen molar-refractivity contribution >= 4 is 11.8 Å². The van der Waals surface area contributed by atoms with E-state index in [1.807, 2.05) is 6.07 Å². The highest BCUT2D eigenvalue weighted by Crippen LogP contribution is 2.13. The van der Waals surface area contributed by atoms with Crippen LogP contribution in [0.1, 0.15) is 12.6 Å². The molecule has 0 bridgehead atoms. The molecule has 1 rings (SSSR count). The van der Waals surface area contributed by atoms with Crippen molar-refractivity contribution in [1.82, 2.24) is 9.97 Å². The highest BCUT2D eigenvalue weighted by Gasteiger charge is 2.16. The third-order valence-electron chi connectivity index (χ3n) is 2.12. The molecule has 84 valence electrons. The molecule has 0 saturated heterocycles. The number of carboxylic acids is 1. The number of hydrogen-bond donors (Lipinski definition) is 1. The van der Waals surface area contributed by atoms with E-state index in [2.05, 4.69) is 9.97 Å². The fourth-order valence-electron chi connectivity index (χ4n) is 1.26. The zero-order valence-corrected chi connectivity index (χ0v) is 9.08. The van der Waals surface area contributed by atoms with Crippen LogP contribution in [0.2, 0.25) is 0 Å². The Kier molecular flexibility index (Phi) is 3.78. The molecule has 6 heteroatoms. The number of aromatic nitrogens is 2. The van der Waals surface area contributed by atoms with Gasteiger partial charge < -0.3 is 10.0 Å². The summed E-state index contributed by atoms with van der Waals surface area (Å²) < 4.78 is 0. The number of carbonyl (C=O) groups is 1. The van der Waals surface area contributed by atoms with Crippen LogP contribution >= 0.6 is 0 Å². The SMILES string of the molecule is CC(CN(C)c1nccnc1C#N)C(=O)O. The topological polar surface area (TPSA) is 90.1 Å². The molecule has 16 heavy (non-hydrogen) atoms. The van der Waals surface area contributed by atoms with Crippen molar-refractivity contribution in [2.24, 2.45) is 5.92 Å². The van der Waals surface area contributed by atoms with Crippen LogP contribution in [0.4, 0.5) is 5.82 Å². The van der Waals surface area contributed by atoms with Crippen LogP contribution in [0, 0.1) is 17.2 Å². The zero-order chi connectivity index (χ0) is 12.1. The van der Waals surface area contributed by atoms with Gasteiger partial charge in [-0.2, -0.15) is 5.26 Å². The lowest BCUT2D eigenvalue weighted by Crippen LogP contribution is -2.29. The van der Waals surface area contributed by atoms with E-state index in [1.165, 1.54) is 12.4 Å². The van der Waals surface area contributed by atoms with Crippen molar-refractivity contribution in [2.75, 3.05) is 18.5 Å². The van der Waals surface area contributed by atoms with E-state index in [0.717, 1.165) is 0 Å². The monoisotopic (exact) mass is 220 g/mol. The average Bonchev–Trinajstić information content (AvgIpc) is 2.28. The number of nitriles is 1. The first-order valence-electron chi connectivity index (χ1n) is 4.71. The molecule has 0 aromatic carbocycles. The predicted molar refractivity (Wildman–Crippen MR) is 56.8 cm³/mol. The van der Waals surface area contributed by atoms with E-state index in [9.17, 15) is 4.79 Å². The molecule has 1 aromatic rings. The molecule has 1 atom stereocenters. The Bertz CT molecular complexity index is 427. The largest absolute Gasteiger partial charge is 0.481 e. The summed E-state index contributed by atoms with van der Waals surface area (Å²) in [6, 6.07) is 1.92. The van der Waals surface area contributed by atoms with E-state index in [0.29, 0.717) is 5.82 Å². The lowest BCUT2D eigenvalue weighted by molar-refractivity contribution is -0.140. The number of hydrogen-bond acceptors (Lipinski definition) is 5. The molecule has 0 radical (unpaired) electrons. The van der Waals surface area contributed by atoms with Gasteiger partial charge in [-0.3, -0.25) is 4.79 Å².